The van der Waals surface area contributed by atoms with Gasteiger partial charge in [-0.3, -0.25) is 14.9 Å². The van der Waals surface area contributed by atoms with Crippen molar-refractivity contribution < 1.29 is 14.5 Å². The van der Waals surface area contributed by atoms with Crippen LogP contribution in [-0.2, 0) is 0 Å². The van der Waals surface area contributed by atoms with Gasteiger partial charge in [-0.1, -0.05) is 0 Å². The van der Waals surface area contributed by atoms with Gasteiger partial charge in [0.15, 0.2) is 0 Å². The molecule has 0 saturated heterocycles. The minimum atomic E-state index is -0.698. The van der Waals surface area contributed by atoms with Crippen molar-refractivity contribution >= 4 is 50.0 Å². The van der Waals surface area contributed by atoms with E-state index in [1.807, 2.05) is 22.6 Å². The molecule has 1 rings (SSSR count). The number of hydrogen-bond donors (Lipinski definition) is 1. The summed E-state index contributed by atoms with van der Waals surface area (Å²) in [5.41, 5.74) is 4.54. The number of allylic oxidation sites excluding steroid dienone is 1. The van der Waals surface area contributed by atoms with Gasteiger partial charge in [0.1, 0.15) is 11.6 Å². The number of nitrogens with two attached hydrogens (primary N) is 1. The summed E-state index contributed by atoms with van der Waals surface area (Å²) in [7, 11) is 0. The van der Waals surface area contributed by atoms with Gasteiger partial charge in [-0.05, 0) is 45.4 Å². The molecule has 0 radical (unpaired) electrons. The molecule has 0 amide bonds. The second kappa shape index (κ2) is 7.37. The summed E-state index contributed by atoms with van der Waals surface area (Å²) < 4.78 is 5.96. The molecule has 0 unspecified atom stereocenters. The minimum Gasteiger partial charge on any atom is -0.486 e. The summed E-state index contributed by atoms with van der Waals surface area (Å²) in [5, 5.41) is 20.0. The lowest BCUT2D eigenvalue weighted by Crippen LogP contribution is -2.09. The molecule has 0 aliphatic rings. The topological polar surface area (TPSA) is 119 Å². The summed E-state index contributed by atoms with van der Waals surface area (Å²) in [6, 6.07) is 2.72. The van der Waals surface area contributed by atoms with Crippen molar-refractivity contribution in [2.75, 3.05) is 6.61 Å². The van der Waals surface area contributed by atoms with E-state index in [0.717, 1.165) is 12.3 Å². The third-order valence-corrected chi connectivity index (χ3v) is 5.00. The molecule has 110 valence electrons. The lowest BCUT2D eigenvalue weighted by atomic mass is 10.0. The van der Waals surface area contributed by atoms with Crippen molar-refractivity contribution in [3.63, 3.8) is 0 Å². The molecule has 0 bridgehead atoms. The van der Waals surface area contributed by atoms with Gasteiger partial charge >= 0.3 is 5.69 Å². The number of benzene rings is 1. The van der Waals surface area contributed by atoms with Crippen LogP contribution in [0.3, 0.4) is 0 Å². The van der Waals surface area contributed by atoms with Crippen LogP contribution in [0.2, 0.25) is 0 Å². The van der Waals surface area contributed by atoms with Crippen molar-refractivity contribution in [2.24, 2.45) is 5.73 Å². The number of halogens is 2. The first-order chi connectivity index (χ1) is 9.88. The van der Waals surface area contributed by atoms with E-state index in [2.05, 4.69) is 15.9 Å². The standard InChI is InChI=1S/C12H9BrIN3O4/c1-2-21-12-8(17(19)20)3-7(9(13)10(12)14)11(18)6(4-15)5-16/h3-4H,2,15H2,1H3. The minimum absolute atomic E-state index is 0.0206. The highest BCUT2D eigenvalue weighted by Crippen LogP contribution is 2.40. The van der Waals surface area contributed by atoms with E-state index >= 15 is 0 Å². The number of ketones is 1. The Morgan fingerprint density at radius 2 is 2.33 bits per heavy atom. The molecule has 9 heteroatoms. The van der Waals surface area contributed by atoms with E-state index in [1.54, 1.807) is 13.0 Å². The van der Waals surface area contributed by atoms with E-state index in [-0.39, 0.29) is 29.2 Å². The highest BCUT2D eigenvalue weighted by molar-refractivity contribution is 14.1. The third kappa shape index (κ3) is 3.51. The van der Waals surface area contributed by atoms with E-state index in [4.69, 9.17) is 15.7 Å². The highest BCUT2D eigenvalue weighted by Gasteiger charge is 2.27. The number of nitriles is 1. The fourth-order valence-corrected chi connectivity index (χ4v) is 2.68. The molecule has 0 spiro atoms. The van der Waals surface area contributed by atoms with E-state index in [9.17, 15) is 14.9 Å². The van der Waals surface area contributed by atoms with E-state index in [0.29, 0.717) is 8.04 Å². The number of nitrogens with zero attached hydrogens (tertiary/aromatic N) is 2. The van der Waals surface area contributed by atoms with Gasteiger partial charge < -0.3 is 10.5 Å². The first kappa shape index (κ1) is 17.4. The van der Waals surface area contributed by atoms with Gasteiger partial charge in [-0.15, -0.1) is 0 Å². The molecule has 0 aliphatic heterocycles. The maximum Gasteiger partial charge on any atom is 0.312 e. The summed E-state index contributed by atoms with van der Waals surface area (Å²) >= 11 is 5.03. The Bertz CT molecular complexity index is 682. The average molecular weight is 466 g/mol. The fourth-order valence-electron chi connectivity index (χ4n) is 1.49. The van der Waals surface area contributed by atoms with Crippen molar-refractivity contribution in [2.45, 2.75) is 6.92 Å². The van der Waals surface area contributed by atoms with Crippen LogP contribution in [0.15, 0.2) is 22.3 Å². The lowest BCUT2D eigenvalue weighted by Gasteiger charge is -2.11. The molecule has 0 heterocycles. The largest absolute Gasteiger partial charge is 0.486 e. The summed E-state index contributed by atoms with van der Waals surface area (Å²) in [6.45, 7) is 1.93. The molecule has 7 nitrogen and oxygen atoms in total. The van der Waals surface area contributed by atoms with Crippen LogP contribution in [-0.4, -0.2) is 17.3 Å². The molecular weight excluding hydrogens is 457 g/mol. The number of rotatable bonds is 5. The van der Waals surface area contributed by atoms with Gasteiger partial charge in [0.05, 0.1) is 15.1 Å². The molecular formula is C12H9BrIN3O4. The molecule has 1 aromatic rings. The Morgan fingerprint density at radius 1 is 1.71 bits per heavy atom. The van der Waals surface area contributed by atoms with Crippen molar-refractivity contribution in [1.29, 1.82) is 5.26 Å². The number of ether oxygens (including phenoxy) is 1. The Labute approximate surface area is 142 Å². The molecule has 21 heavy (non-hydrogen) atoms. The van der Waals surface area contributed by atoms with Crippen molar-refractivity contribution in [1.82, 2.24) is 0 Å². The number of carbonyl (C=O) groups excluding carboxylic acids is 1. The maximum atomic E-state index is 12.2. The zero-order valence-corrected chi connectivity index (χ0v) is 14.5. The summed E-state index contributed by atoms with van der Waals surface area (Å²) in [4.78, 5) is 22.6. The fraction of sp³-hybridized carbons (Fsp3) is 0.167. The first-order valence-corrected chi connectivity index (χ1v) is 7.42. The number of nitro groups is 1. The zero-order valence-electron chi connectivity index (χ0n) is 10.7. The second-order valence-corrected chi connectivity index (χ2v) is 5.48. The molecule has 0 aliphatic carbocycles. The Kier molecular flexibility index (Phi) is 6.10. The van der Waals surface area contributed by atoms with Crippen LogP contribution in [0, 0.1) is 25.0 Å². The zero-order chi connectivity index (χ0) is 16.2. The molecule has 0 atom stereocenters. The predicted molar refractivity (Wildman–Crippen MR) is 86.9 cm³/mol. The van der Waals surface area contributed by atoms with Crippen LogP contribution in [0.25, 0.3) is 0 Å². The van der Waals surface area contributed by atoms with Crippen LogP contribution in [0.5, 0.6) is 5.75 Å². The highest BCUT2D eigenvalue weighted by atomic mass is 127. The molecule has 0 aromatic heterocycles. The summed E-state index contributed by atoms with van der Waals surface area (Å²) in [6.07, 6.45) is 0.865. The predicted octanol–water partition coefficient (Wildman–Crippen LogP) is 2.91. The van der Waals surface area contributed by atoms with Gasteiger partial charge in [-0.2, -0.15) is 5.26 Å². The Hall–Kier alpha value is -1.67. The first-order valence-electron chi connectivity index (χ1n) is 5.54. The Morgan fingerprint density at radius 3 is 2.76 bits per heavy atom. The third-order valence-electron chi connectivity index (χ3n) is 2.40. The van der Waals surface area contributed by atoms with Crippen LogP contribution in [0.1, 0.15) is 17.3 Å². The van der Waals surface area contributed by atoms with Crippen LogP contribution < -0.4 is 10.5 Å². The molecule has 0 fully saturated rings. The Balaban J connectivity index is 3.61. The van der Waals surface area contributed by atoms with E-state index < -0.39 is 10.7 Å². The molecule has 2 N–H and O–H groups in total. The summed E-state index contributed by atoms with van der Waals surface area (Å²) in [5.74, 6) is -0.627. The lowest BCUT2D eigenvalue weighted by molar-refractivity contribution is -0.386. The number of carbonyl (C=O) groups is 1. The quantitative estimate of drug-likeness (QED) is 0.178. The number of nitro benzene ring substituents is 1. The normalized spacial score (nSPS) is 10.9. The monoisotopic (exact) mass is 465 g/mol. The van der Waals surface area contributed by atoms with Crippen molar-refractivity contribution in [3.8, 4) is 11.8 Å². The second-order valence-electron chi connectivity index (χ2n) is 3.61. The van der Waals surface area contributed by atoms with Crippen molar-refractivity contribution in [3.05, 3.63) is 41.6 Å². The van der Waals surface area contributed by atoms with Gasteiger partial charge in [0.25, 0.3) is 0 Å². The van der Waals surface area contributed by atoms with E-state index in [1.165, 1.54) is 0 Å². The van der Waals surface area contributed by atoms with Gasteiger partial charge in [0, 0.05) is 22.3 Å². The molecule has 0 saturated carbocycles. The maximum absolute atomic E-state index is 12.2. The van der Waals surface area contributed by atoms with Crippen LogP contribution >= 0.6 is 38.5 Å². The van der Waals surface area contributed by atoms with Gasteiger partial charge in [-0.25, -0.2) is 0 Å². The SMILES string of the molecule is CCOc1c([N+](=O)[O-])cc(C(=O)C(C#N)=CN)c(Br)c1I. The number of hydrogen-bond acceptors (Lipinski definition) is 6. The molecule has 1 aromatic carbocycles. The van der Waals surface area contributed by atoms with Crippen LogP contribution in [0.4, 0.5) is 5.69 Å². The average Bonchev–Trinajstić information content (AvgIpc) is 2.45. The smallest absolute Gasteiger partial charge is 0.312 e. The van der Waals surface area contributed by atoms with Gasteiger partial charge in [0.2, 0.25) is 11.5 Å². The number of Topliss-reactive ketones (excluding diaryl/α,β-unsaturated/α-hetero) is 1.